The van der Waals surface area contributed by atoms with Crippen molar-refractivity contribution in [3.05, 3.63) is 70.4 Å². The Balaban J connectivity index is 1.29. The van der Waals surface area contributed by atoms with Crippen molar-refractivity contribution >= 4 is 39.3 Å². The second kappa shape index (κ2) is 9.98. The number of aryl methyl sites for hydroxylation is 2. The fraction of sp³-hybridized carbons (Fsp3) is 0.346. The fourth-order valence-electron chi connectivity index (χ4n) is 4.19. The van der Waals surface area contributed by atoms with E-state index in [0.717, 1.165) is 52.0 Å². The summed E-state index contributed by atoms with van der Waals surface area (Å²) in [4.78, 5) is 20.8. The number of fused-ring (bicyclic) bond motifs is 1. The lowest BCUT2D eigenvalue weighted by Gasteiger charge is -2.16. The Labute approximate surface area is 216 Å². The molecule has 1 atom stereocenters. The van der Waals surface area contributed by atoms with Gasteiger partial charge in [0.05, 0.1) is 11.3 Å². The topological polar surface area (TPSA) is 134 Å². The molecular formula is C26H30N6O4S. The van der Waals surface area contributed by atoms with Gasteiger partial charge in [-0.1, -0.05) is 18.2 Å². The highest BCUT2D eigenvalue weighted by molar-refractivity contribution is 7.90. The average molecular weight is 523 g/mol. The summed E-state index contributed by atoms with van der Waals surface area (Å²) in [6.07, 6.45) is 2.79. The summed E-state index contributed by atoms with van der Waals surface area (Å²) in [7, 11) is -3.22. The Morgan fingerprint density at radius 2 is 1.89 bits per heavy atom. The van der Waals surface area contributed by atoms with E-state index < -0.39 is 16.1 Å². The van der Waals surface area contributed by atoms with Crippen LogP contribution in [0.25, 0.3) is 0 Å². The summed E-state index contributed by atoms with van der Waals surface area (Å²) in [5, 5.41) is 9.19. The van der Waals surface area contributed by atoms with Crippen molar-refractivity contribution in [1.82, 2.24) is 20.0 Å². The Morgan fingerprint density at radius 1 is 1.08 bits per heavy atom. The maximum absolute atomic E-state index is 12.1. The van der Waals surface area contributed by atoms with Gasteiger partial charge in [0.25, 0.3) is 0 Å². The second-order valence-corrected chi connectivity index (χ2v) is 11.6. The number of carbonyl (C=O) groups excluding carboxylic acids is 1. The van der Waals surface area contributed by atoms with Crippen molar-refractivity contribution in [2.45, 2.75) is 58.1 Å². The third-order valence-corrected chi connectivity index (χ3v) is 8.41. The maximum atomic E-state index is 12.1. The van der Waals surface area contributed by atoms with Gasteiger partial charge in [0.2, 0.25) is 16.0 Å². The monoisotopic (exact) mass is 522 g/mol. The van der Waals surface area contributed by atoms with Gasteiger partial charge in [-0.25, -0.2) is 22.9 Å². The number of anilines is 4. The largest absolute Gasteiger partial charge is 0.445 e. The van der Waals surface area contributed by atoms with Crippen LogP contribution in [0.4, 0.5) is 27.9 Å². The fourth-order valence-corrected chi connectivity index (χ4v) is 5.55. The summed E-state index contributed by atoms with van der Waals surface area (Å²) in [6, 6.07) is 11.4. The van der Waals surface area contributed by atoms with Crippen LogP contribution in [0, 0.1) is 13.8 Å². The molecule has 1 aromatic heterocycles. The van der Waals surface area contributed by atoms with Crippen molar-refractivity contribution in [3.8, 4) is 0 Å². The van der Waals surface area contributed by atoms with E-state index in [-0.39, 0.29) is 24.4 Å². The van der Waals surface area contributed by atoms with Crippen LogP contribution < -0.4 is 20.7 Å². The number of hydrogen-bond donors (Lipinski definition) is 4. The van der Waals surface area contributed by atoms with Crippen molar-refractivity contribution in [1.29, 1.82) is 0 Å². The number of hydrogen-bond acceptors (Lipinski definition) is 8. The molecule has 37 heavy (non-hydrogen) atoms. The molecule has 0 spiro atoms. The quantitative estimate of drug-likeness (QED) is 0.341. The van der Waals surface area contributed by atoms with E-state index >= 15 is 0 Å². The molecule has 4 N–H and O–H groups in total. The molecule has 11 heteroatoms. The van der Waals surface area contributed by atoms with Crippen LogP contribution in [0.2, 0.25) is 0 Å². The number of amides is 1. The first-order valence-corrected chi connectivity index (χ1v) is 13.7. The summed E-state index contributed by atoms with van der Waals surface area (Å²) < 4.78 is 32.1. The second-order valence-electron chi connectivity index (χ2n) is 9.55. The highest BCUT2D eigenvalue weighted by atomic mass is 32.2. The molecule has 10 nitrogen and oxygen atoms in total. The Bertz CT molecular complexity index is 1460. The average Bonchev–Trinajstić information content (AvgIpc) is 3.72. The van der Waals surface area contributed by atoms with E-state index in [1.54, 1.807) is 6.20 Å². The minimum Gasteiger partial charge on any atom is -0.445 e. The van der Waals surface area contributed by atoms with Gasteiger partial charge in [-0.2, -0.15) is 4.98 Å². The van der Waals surface area contributed by atoms with Crippen molar-refractivity contribution in [3.63, 3.8) is 0 Å². The predicted octanol–water partition coefficient (Wildman–Crippen LogP) is 4.46. The number of nitrogens with zero attached hydrogens (tertiary/aromatic N) is 2. The lowest BCUT2D eigenvalue weighted by Crippen LogP contribution is -2.26. The zero-order chi connectivity index (χ0) is 26.2. The number of cyclic esters (lactones) is 1. The van der Waals surface area contributed by atoms with Crippen LogP contribution >= 0.6 is 0 Å². The van der Waals surface area contributed by atoms with E-state index in [9.17, 15) is 13.2 Å². The van der Waals surface area contributed by atoms with Crippen LogP contribution in [-0.2, 0) is 27.9 Å². The van der Waals surface area contributed by atoms with Gasteiger partial charge in [-0.15, -0.1) is 0 Å². The third-order valence-electron chi connectivity index (χ3n) is 6.52. The number of rotatable bonds is 8. The number of nitrogens with one attached hydrogen (secondary N) is 4. The smallest absolute Gasteiger partial charge is 0.407 e. The minimum atomic E-state index is -3.22. The number of carbonyl (C=O) groups is 1. The molecule has 0 bridgehead atoms. The van der Waals surface area contributed by atoms with Gasteiger partial charge < -0.3 is 20.7 Å². The summed E-state index contributed by atoms with van der Waals surface area (Å²) in [6.45, 7) is 6.31. The molecule has 2 heterocycles. The summed E-state index contributed by atoms with van der Waals surface area (Å²) in [5.41, 5.74) is 6.33. The van der Waals surface area contributed by atoms with Crippen LogP contribution in [-0.4, -0.2) is 29.7 Å². The molecule has 0 unspecified atom stereocenters. The molecule has 1 aliphatic heterocycles. The van der Waals surface area contributed by atoms with Gasteiger partial charge in [0.15, 0.2) is 0 Å². The SMILES string of the molecule is Cc1cc(CNS(=O)(=O)C2CC2)ccc1Nc1nc(Nc2ccc3c(c2)[C@@H](C)NC(=O)OC3)ncc1C. The molecule has 3 aromatic rings. The molecule has 1 saturated carbocycles. The number of benzene rings is 2. The van der Waals surface area contributed by atoms with Gasteiger partial charge in [-0.05, 0) is 74.1 Å². The number of ether oxygens (including phenoxy) is 1. The van der Waals surface area contributed by atoms with E-state index in [1.807, 2.05) is 57.2 Å². The normalized spacial score (nSPS) is 17.3. The van der Waals surface area contributed by atoms with Gasteiger partial charge in [0.1, 0.15) is 12.4 Å². The predicted molar refractivity (Wildman–Crippen MR) is 141 cm³/mol. The van der Waals surface area contributed by atoms with E-state index in [0.29, 0.717) is 11.8 Å². The van der Waals surface area contributed by atoms with Gasteiger partial charge in [-0.3, -0.25) is 0 Å². The van der Waals surface area contributed by atoms with Gasteiger partial charge in [0, 0.05) is 29.7 Å². The number of alkyl carbamates (subject to hydrolysis) is 1. The molecule has 1 fully saturated rings. The zero-order valence-corrected chi connectivity index (χ0v) is 21.8. The van der Waals surface area contributed by atoms with Gasteiger partial charge >= 0.3 is 6.09 Å². The maximum Gasteiger partial charge on any atom is 0.407 e. The first-order valence-electron chi connectivity index (χ1n) is 12.2. The summed E-state index contributed by atoms with van der Waals surface area (Å²) >= 11 is 0. The molecule has 2 aliphatic rings. The third kappa shape index (κ3) is 5.83. The Hall–Kier alpha value is -3.70. The van der Waals surface area contributed by atoms with Crippen LogP contribution in [0.1, 0.15) is 53.6 Å². The van der Waals surface area contributed by atoms with Crippen LogP contribution in [0.3, 0.4) is 0 Å². The first-order chi connectivity index (χ1) is 17.7. The Morgan fingerprint density at radius 3 is 2.65 bits per heavy atom. The standard InChI is InChI=1S/C26H30N6O4S/c1-15-10-18(13-28-37(34,35)21-7-8-21)4-9-23(15)31-24-16(2)12-27-25(32-24)30-20-6-5-19-14-36-26(33)29-17(3)22(19)11-20/h4-6,9-12,17,21,28H,7-8,13-14H2,1-3H3,(H,29,33)(H2,27,30,31,32)/t17-/m1/s1. The van der Waals surface area contributed by atoms with Crippen molar-refractivity contribution in [2.75, 3.05) is 10.6 Å². The zero-order valence-electron chi connectivity index (χ0n) is 21.0. The van der Waals surface area contributed by atoms with E-state index in [2.05, 4.69) is 30.6 Å². The lowest BCUT2D eigenvalue weighted by molar-refractivity contribution is 0.141. The molecule has 0 radical (unpaired) electrons. The number of sulfonamides is 1. The Kier molecular flexibility index (Phi) is 6.74. The highest BCUT2D eigenvalue weighted by Crippen LogP contribution is 2.29. The minimum absolute atomic E-state index is 0.183. The molecule has 194 valence electrons. The highest BCUT2D eigenvalue weighted by Gasteiger charge is 2.35. The molecular weight excluding hydrogens is 492 g/mol. The molecule has 2 aromatic carbocycles. The molecule has 1 amide bonds. The number of aromatic nitrogens is 2. The van der Waals surface area contributed by atoms with Crippen molar-refractivity contribution < 1.29 is 17.9 Å². The van der Waals surface area contributed by atoms with E-state index in [1.165, 1.54) is 0 Å². The van der Waals surface area contributed by atoms with Crippen LogP contribution in [0.5, 0.6) is 0 Å². The molecule has 0 saturated heterocycles. The molecule has 5 rings (SSSR count). The lowest BCUT2D eigenvalue weighted by atomic mass is 10.0. The van der Waals surface area contributed by atoms with Crippen molar-refractivity contribution in [2.24, 2.45) is 0 Å². The van der Waals surface area contributed by atoms with Crippen LogP contribution in [0.15, 0.2) is 42.6 Å². The first kappa shape index (κ1) is 25.0. The summed E-state index contributed by atoms with van der Waals surface area (Å²) in [5.74, 6) is 1.09. The molecule has 1 aliphatic carbocycles. The van der Waals surface area contributed by atoms with E-state index in [4.69, 9.17) is 4.74 Å².